The molecule has 3 N–H and O–H groups in total. The van der Waals surface area contributed by atoms with Crippen molar-refractivity contribution in [2.75, 3.05) is 11.9 Å². The van der Waals surface area contributed by atoms with Gasteiger partial charge >= 0.3 is 12.0 Å². The number of anilines is 1. The average Bonchev–Trinajstić information content (AvgIpc) is 2.40. The summed E-state index contributed by atoms with van der Waals surface area (Å²) in [5, 5.41) is 13.8. The van der Waals surface area contributed by atoms with Crippen LogP contribution in [0.15, 0.2) is 18.2 Å². The second-order valence-corrected chi connectivity index (χ2v) is 5.73. The molecule has 0 aromatic heterocycles. The number of nitrogens with one attached hydrogen (secondary N) is 2. The molecule has 0 spiro atoms. The Hall–Kier alpha value is -1.38. The number of unbranched alkanes of at least 4 members (excludes halogenated alkanes) is 3. The predicted molar refractivity (Wildman–Crippen MR) is 86.9 cm³/mol. The van der Waals surface area contributed by atoms with Gasteiger partial charge in [-0.05, 0) is 53.6 Å². The van der Waals surface area contributed by atoms with E-state index in [2.05, 4.69) is 10.6 Å². The molecule has 0 aliphatic heterocycles. The van der Waals surface area contributed by atoms with Crippen molar-refractivity contribution in [2.45, 2.75) is 32.1 Å². The maximum Gasteiger partial charge on any atom is 0.319 e. The molecule has 0 unspecified atom stereocenters. The number of aliphatic carboxylic acids is 1. The standard InChI is InChI=1S/C14H18FIN2O3/c15-10-6-7-12(11(16)9-10)18-14(21)17-8-4-2-1-3-5-13(19)20/h6-7,9H,1-5,8H2,(H,19,20)(H2,17,18,21). The monoisotopic (exact) mass is 408 g/mol. The predicted octanol–water partition coefficient (Wildman–Crippen LogP) is 3.59. The van der Waals surface area contributed by atoms with E-state index in [1.165, 1.54) is 18.2 Å². The van der Waals surface area contributed by atoms with Gasteiger partial charge in [0.15, 0.2) is 0 Å². The van der Waals surface area contributed by atoms with Crippen LogP contribution in [0.25, 0.3) is 0 Å². The molecule has 1 aromatic rings. The van der Waals surface area contributed by atoms with Gasteiger partial charge in [-0.3, -0.25) is 4.79 Å². The van der Waals surface area contributed by atoms with Crippen molar-refractivity contribution in [1.82, 2.24) is 5.32 Å². The number of carboxylic acid groups (broad SMARTS) is 1. The first kappa shape index (κ1) is 17.7. The van der Waals surface area contributed by atoms with Gasteiger partial charge in [0, 0.05) is 16.5 Å². The topological polar surface area (TPSA) is 78.4 Å². The molecule has 21 heavy (non-hydrogen) atoms. The molecule has 5 nitrogen and oxygen atoms in total. The van der Waals surface area contributed by atoms with E-state index in [4.69, 9.17) is 5.11 Å². The molecule has 116 valence electrons. The SMILES string of the molecule is O=C(O)CCCCCCNC(=O)Nc1ccc(F)cc1I. The van der Waals surface area contributed by atoms with Crippen LogP contribution in [-0.4, -0.2) is 23.7 Å². The molecule has 1 rings (SSSR count). The summed E-state index contributed by atoms with van der Waals surface area (Å²) in [6.45, 7) is 0.524. The van der Waals surface area contributed by atoms with Gasteiger partial charge in [0.05, 0.1) is 5.69 Å². The van der Waals surface area contributed by atoms with Gasteiger partial charge in [-0.15, -0.1) is 0 Å². The van der Waals surface area contributed by atoms with E-state index in [0.29, 0.717) is 22.2 Å². The molecule has 2 amide bonds. The maximum atomic E-state index is 12.9. The van der Waals surface area contributed by atoms with Crippen LogP contribution in [0.4, 0.5) is 14.9 Å². The van der Waals surface area contributed by atoms with Crippen LogP contribution >= 0.6 is 22.6 Å². The fourth-order valence-corrected chi connectivity index (χ4v) is 2.33. The molecule has 0 bridgehead atoms. The highest BCUT2D eigenvalue weighted by molar-refractivity contribution is 14.1. The van der Waals surface area contributed by atoms with Gasteiger partial charge < -0.3 is 15.7 Å². The lowest BCUT2D eigenvalue weighted by atomic mass is 10.1. The highest BCUT2D eigenvalue weighted by atomic mass is 127. The minimum atomic E-state index is -0.776. The Morgan fingerprint density at radius 3 is 2.57 bits per heavy atom. The number of hydrogen-bond acceptors (Lipinski definition) is 2. The Kier molecular flexibility index (Phi) is 8.03. The van der Waals surface area contributed by atoms with Crippen molar-refractivity contribution in [3.05, 3.63) is 27.6 Å². The number of carbonyl (C=O) groups excluding carboxylic acids is 1. The van der Waals surface area contributed by atoms with Gasteiger partial charge in [0.1, 0.15) is 5.82 Å². The van der Waals surface area contributed by atoms with Gasteiger partial charge in [0.2, 0.25) is 0 Å². The van der Waals surface area contributed by atoms with Crippen molar-refractivity contribution < 1.29 is 19.1 Å². The third kappa shape index (κ3) is 7.84. The number of carbonyl (C=O) groups is 2. The van der Waals surface area contributed by atoms with E-state index in [-0.39, 0.29) is 18.3 Å². The number of urea groups is 1. The third-order valence-electron chi connectivity index (χ3n) is 2.78. The van der Waals surface area contributed by atoms with Gasteiger partial charge in [-0.2, -0.15) is 0 Å². The number of benzene rings is 1. The lowest BCUT2D eigenvalue weighted by Crippen LogP contribution is -2.29. The fourth-order valence-electron chi connectivity index (χ4n) is 1.71. The first-order valence-electron chi connectivity index (χ1n) is 6.70. The third-order valence-corrected chi connectivity index (χ3v) is 3.67. The molecule has 1 aromatic carbocycles. The first-order chi connectivity index (χ1) is 9.99. The molecule has 0 fully saturated rings. The van der Waals surface area contributed by atoms with Crippen molar-refractivity contribution in [1.29, 1.82) is 0 Å². The fraction of sp³-hybridized carbons (Fsp3) is 0.429. The second kappa shape index (κ2) is 9.54. The number of halogens is 2. The molecule has 0 aliphatic rings. The van der Waals surface area contributed by atoms with Crippen LogP contribution in [-0.2, 0) is 4.79 Å². The Morgan fingerprint density at radius 2 is 1.90 bits per heavy atom. The van der Waals surface area contributed by atoms with Crippen LogP contribution in [0, 0.1) is 9.39 Å². The van der Waals surface area contributed by atoms with E-state index in [9.17, 15) is 14.0 Å². The quantitative estimate of drug-likeness (QED) is 0.455. The van der Waals surface area contributed by atoms with Gasteiger partial charge in [-0.25, -0.2) is 9.18 Å². The van der Waals surface area contributed by atoms with Crippen molar-refractivity contribution in [3.63, 3.8) is 0 Å². The Bertz CT molecular complexity index is 497. The van der Waals surface area contributed by atoms with Crippen LogP contribution < -0.4 is 10.6 Å². The molecular weight excluding hydrogens is 390 g/mol. The largest absolute Gasteiger partial charge is 0.481 e. The molecule has 0 aliphatic carbocycles. The van der Waals surface area contributed by atoms with E-state index < -0.39 is 5.97 Å². The molecule has 0 saturated carbocycles. The minimum absolute atomic E-state index is 0.191. The average molecular weight is 408 g/mol. The zero-order valence-electron chi connectivity index (χ0n) is 11.5. The van der Waals surface area contributed by atoms with Crippen LogP contribution in [0.2, 0.25) is 0 Å². The second-order valence-electron chi connectivity index (χ2n) is 4.56. The zero-order chi connectivity index (χ0) is 15.7. The Labute approximate surface area is 136 Å². The smallest absolute Gasteiger partial charge is 0.319 e. The molecule has 0 atom stereocenters. The van der Waals surface area contributed by atoms with Crippen LogP contribution in [0.5, 0.6) is 0 Å². The Morgan fingerprint density at radius 1 is 1.19 bits per heavy atom. The zero-order valence-corrected chi connectivity index (χ0v) is 13.7. The van der Waals surface area contributed by atoms with Crippen LogP contribution in [0.3, 0.4) is 0 Å². The van der Waals surface area contributed by atoms with Crippen molar-refractivity contribution in [2.24, 2.45) is 0 Å². The first-order valence-corrected chi connectivity index (χ1v) is 7.78. The number of carboxylic acids is 1. The van der Waals surface area contributed by atoms with E-state index in [1.54, 1.807) is 0 Å². The van der Waals surface area contributed by atoms with Crippen LogP contribution in [0.1, 0.15) is 32.1 Å². The van der Waals surface area contributed by atoms with Crippen molar-refractivity contribution in [3.8, 4) is 0 Å². The summed E-state index contributed by atoms with van der Waals surface area (Å²) < 4.78 is 13.6. The van der Waals surface area contributed by atoms with Crippen molar-refractivity contribution >= 4 is 40.3 Å². The molecule has 0 saturated heterocycles. The minimum Gasteiger partial charge on any atom is -0.481 e. The normalized spacial score (nSPS) is 10.2. The summed E-state index contributed by atoms with van der Waals surface area (Å²) in [6, 6.07) is 3.83. The molecule has 0 radical (unpaired) electrons. The molecule has 7 heteroatoms. The van der Waals surface area contributed by atoms with E-state index >= 15 is 0 Å². The number of rotatable bonds is 8. The summed E-state index contributed by atoms with van der Waals surface area (Å²) in [6.07, 6.45) is 3.37. The highest BCUT2D eigenvalue weighted by Crippen LogP contribution is 2.18. The number of hydrogen-bond donors (Lipinski definition) is 3. The molecule has 0 heterocycles. The molecular formula is C14H18FIN2O3. The van der Waals surface area contributed by atoms with Gasteiger partial charge in [-0.1, -0.05) is 12.8 Å². The summed E-state index contributed by atoms with van der Waals surface area (Å²) in [5.41, 5.74) is 0.566. The summed E-state index contributed by atoms with van der Waals surface area (Å²) in [7, 11) is 0. The highest BCUT2D eigenvalue weighted by Gasteiger charge is 2.05. The summed E-state index contributed by atoms with van der Waals surface area (Å²) >= 11 is 1.95. The maximum absolute atomic E-state index is 12.9. The lowest BCUT2D eigenvalue weighted by molar-refractivity contribution is -0.137. The number of amides is 2. The Balaban J connectivity index is 2.15. The van der Waals surface area contributed by atoms with E-state index in [0.717, 1.165) is 19.3 Å². The lowest BCUT2D eigenvalue weighted by Gasteiger charge is -2.09. The van der Waals surface area contributed by atoms with E-state index in [1.807, 2.05) is 22.6 Å². The van der Waals surface area contributed by atoms with Gasteiger partial charge in [0.25, 0.3) is 0 Å². The summed E-state index contributed by atoms with van der Waals surface area (Å²) in [5.74, 6) is -1.12. The summed E-state index contributed by atoms with van der Waals surface area (Å²) in [4.78, 5) is 21.9.